The van der Waals surface area contributed by atoms with Crippen molar-refractivity contribution >= 4 is 15.9 Å². The number of hydrogen-bond donors (Lipinski definition) is 2. The molecule has 0 radical (unpaired) electrons. The lowest BCUT2D eigenvalue weighted by Gasteiger charge is -2.05. The number of nitrogens with two attached hydrogens (primary N) is 1. The van der Waals surface area contributed by atoms with Crippen molar-refractivity contribution in [2.45, 2.75) is 19.8 Å². The third-order valence-corrected chi connectivity index (χ3v) is 2.61. The first-order valence-corrected chi connectivity index (χ1v) is 4.36. The summed E-state index contributed by atoms with van der Waals surface area (Å²) in [5, 5.41) is 6.97. The van der Waals surface area contributed by atoms with Crippen LogP contribution in [0.25, 0.3) is 0 Å². The maximum Gasteiger partial charge on any atom is 0.131 e. The highest BCUT2D eigenvalue weighted by atomic mass is 79.9. The van der Waals surface area contributed by atoms with Gasteiger partial charge in [0.05, 0.1) is 0 Å². The van der Waals surface area contributed by atoms with Gasteiger partial charge < -0.3 is 5.73 Å². The number of hydrogen-bond acceptors (Lipinski definition) is 2. The van der Waals surface area contributed by atoms with Gasteiger partial charge in [-0.2, -0.15) is 5.10 Å². The van der Waals surface area contributed by atoms with Gasteiger partial charge in [-0.1, -0.05) is 6.92 Å². The Morgan fingerprint density at radius 1 is 1.73 bits per heavy atom. The normalized spacial score (nSPS) is 13.5. The second-order valence-corrected chi connectivity index (χ2v) is 3.44. The Bertz CT molecular complexity index is 244. The first-order chi connectivity index (χ1) is 5.16. The first-order valence-electron chi connectivity index (χ1n) is 3.57. The molecule has 0 amide bonds. The predicted octanol–water partition coefficient (Wildman–Crippen LogP) is 1.54. The molecule has 62 valence electrons. The van der Waals surface area contributed by atoms with Crippen LogP contribution in [-0.4, -0.2) is 16.7 Å². The highest BCUT2D eigenvalue weighted by molar-refractivity contribution is 9.10. The molecule has 0 saturated carbocycles. The summed E-state index contributed by atoms with van der Waals surface area (Å²) in [7, 11) is 0. The average Bonchev–Trinajstić information content (AvgIpc) is 2.32. The van der Waals surface area contributed by atoms with E-state index in [1.54, 1.807) is 0 Å². The fourth-order valence-electron chi connectivity index (χ4n) is 0.986. The van der Waals surface area contributed by atoms with E-state index in [0.717, 1.165) is 15.9 Å². The number of aromatic amines is 1. The number of nitrogens with one attached hydrogen (secondary N) is 1. The molecule has 0 saturated heterocycles. The van der Waals surface area contributed by atoms with Crippen molar-refractivity contribution in [2.75, 3.05) is 6.54 Å². The molecule has 0 spiro atoms. The third kappa shape index (κ3) is 1.62. The summed E-state index contributed by atoms with van der Waals surface area (Å²) in [5.41, 5.74) is 7.80. The van der Waals surface area contributed by atoms with Gasteiger partial charge in [0.15, 0.2) is 0 Å². The van der Waals surface area contributed by atoms with Crippen LogP contribution in [0.15, 0.2) is 4.60 Å². The van der Waals surface area contributed by atoms with Crippen LogP contribution in [0.4, 0.5) is 0 Å². The summed E-state index contributed by atoms with van der Waals surface area (Å²) in [4.78, 5) is 0. The van der Waals surface area contributed by atoms with E-state index in [0.29, 0.717) is 12.5 Å². The molecular formula is C7H12BrN3. The third-order valence-electron chi connectivity index (χ3n) is 1.83. The van der Waals surface area contributed by atoms with E-state index < -0.39 is 0 Å². The van der Waals surface area contributed by atoms with Crippen molar-refractivity contribution in [3.63, 3.8) is 0 Å². The van der Waals surface area contributed by atoms with E-state index in [1.807, 2.05) is 6.92 Å². The zero-order valence-corrected chi connectivity index (χ0v) is 8.27. The fraction of sp³-hybridized carbons (Fsp3) is 0.571. The monoisotopic (exact) mass is 217 g/mol. The smallest absolute Gasteiger partial charge is 0.131 e. The van der Waals surface area contributed by atoms with Crippen molar-refractivity contribution in [3.05, 3.63) is 15.9 Å². The van der Waals surface area contributed by atoms with Crippen molar-refractivity contribution in [1.82, 2.24) is 10.2 Å². The van der Waals surface area contributed by atoms with Crippen molar-refractivity contribution in [1.29, 1.82) is 0 Å². The Morgan fingerprint density at radius 3 is 2.73 bits per heavy atom. The van der Waals surface area contributed by atoms with Gasteiger partial charge in [0, 0.05) is 23.7 Å². The van der Waals surface area contributed by atoms with E-state index >= 15 is 0 Å². The van der Waals surface area contributed by atoms with Crippen LogP contribution >= 0.6 is 15.9 Å². The quantitative estimate of drug-likeness (QED) is 0.791. The first kappa shape index (κ1) is 8.74. The molecule has 4 heteroatoms. The lowest BCUT2D eigenvalue weighted by molar-refractivity contribution is 0.734. The Morgan fingerprint density at radius 2 is 2.36 bits per heavy atom. The molecule has 1 unspecified atom stereocenters. The van der Waals surface area contributed by atoms with E-state index in [9.17, 15) is 0 Å². The number of halogens is 1. The molecule has 3 nitrogen and oxygen atoms in total. The van der Waals surface area contributed by atoms with Gasteiger partial charge in [0.1, 0.15) is 4.60 Å². The van der Waals surface area contributed by atoms with E-state index in [2.05, 4.69) is 33.1 Å². The van der Waals surface area contributed by atoms with Gasteiger partial charge in [0.2, 0.25) is 0 Å². The van der Waals surface area contributed by atoms with Gasteiger partial charge in [-0.15, -0.1) is 0 Å². The highest BCUT2D eigenvalue weighted by Gasteiger charge is 2.11. The molecule has 1 aromatic heterocycles. The number of nitrogens with zero attached hydrogens (tertiary/aromatic N) is 1. The molecule has 0 aromatic carbocycles. The Balaban J connectivity index is 2.94. The Hall–Kier alpha value is -0.350. The number of aromatic nitrogens is 2. The van der Waals surface area contributed by atoms with Crippen LogP contribution in [0.1, 0.15) is 24.1 Å². The van der Waals surface area contributed by atoms with Gasteiger partial charge in [-0.3, -0.25) is 5.10 Å². The molecule has 0 bridgehead atoms. The molecule has 0 aliphatic rings. The van der Waals surface area contributed by atoms with Crippen LogP contribution in [0.5, 0.6) is 0 Å². The summed E-state index contributed by atoms with van der Waals surface area (Å²) in [6.07, 6.45) is 0. The molecule has 1 rings (SSSR count). The summed E-state index contributed by atoms with van der Waals surface area (Å²) >= 11 is 3.33. The van der Waals surface area contributed by atoms with Crippen LogP contribution in [0.3, 0.4) is 0 Å². The summed E-state index contributed by atoms with van der Waals surface area (Å²) in [6.45, 7) is 4.75. The maximum atomic E-state index is 5.52. The van der Waals surface area contributed by atoms with Gasteiger partial charge in [-0.25, -0.2) is 0 Å². The zero-order valence-electron chi connectivity index (χ0n) is 6.69. The Kier molecular flexibility index (Phi) is 2.67. The lowest BCUT2D eigenvalue weighted by atomic mass is 10.1. The highest BCUT2D eigenvalue weighted by Crippen LogP contribution is 2.21. The summed E-state index contributed by atoms with van der Waals surface area (Å²) in [5.74, 6) is 0.355. The fourth-order valence-corrected chi connectivity index (χ4v) is 1.29. The molecule has 0 aliphatic carbocycles. The molecule has 1 atom stereocenters. The van der Waals surface area contributed by atoms with E-state index in [1.165, 1.54) is 0 Å². The summed E-state index contributed by atoms with van der Waals surface area (Å²) in [6, 6.07) is 0. The van der Waals surface area contributed by atoms with Crippen molar-refractivity contribution < 1.29 is 0 Å². The Labute approximate surface area is 74.5 Å². The molecule has 1 heterocycles. The van der Waals surface area contributed by atoms with Crippen LogP contribution in [-0.2, 0) is 0 Å². The number of H-pyrrole nitrogens is 1. The second-order valence-electron chi connectivity index (χ2n) is 2.69. The van der Waals surface area contributed by atoms with Crippen LogP contribution in [0.2, 0.25) is 0 Å². The molecule has 0 aliphatic heterocycles. The molecular weight excluding hydrogens is 206 g/mol. The minimum Gasteiger partial charge on any atom is -0.330 e. The molecule has 11 heavy (non-hydrogen) atoms. The standard InChI is InChI=1S/C7H12BrN3/c1-4(3-9)6-5(2)7(8)11-10-6/h4H,3,9H2,1-2H3,(H,10,11). The average molecular weight is 218 g/mol. The summed E-state index contributed by atoms with van der Waals surface area (Å²) < 4.78 is 0.882. The SMILES string of the molecule is Cc1c(Br)n[nH]c1C(C)CN. The number of rotatable bonds is 2. The predicted molar refractivity (Wildman–Crippen MR) is 48.5 cm³/mol. The zero-order chi connectivity index (χ0) is 8.43. The second kappa shape index (κ2) is 3.36. The van der Waals surface area contributed by atoms with Gasteiger partial charge in [0.25, 0.3) is 0 Å². The van der Waals surface area contributed by atoms with Crippen LogP contribution in [0, 0.1) is 6.92 Å². The van der Waals surface area contributed by atoms with E-state index in [-0.39, 0.29) is 0 Å². The van der Waals surface area contributed by atoms with Crippen molar-refractivity contribution in [3.8, 4) is 0 Å². The molecule has 3 N–H and O–H groups in total. The maximum absolute atomic E-state index is 5.52. The van der Waals surface area contributed by atoms with Crippen molar-refractivity contribution in [2.24, 2.45) is 5.73 Å². The minimum absolute atomic E-state index is 0.355. The lowest BCUT2D eigenvalue weighted by Crippen LogP contribution is -2.10. The molecule has 0 fully saturated rings. The largest absolute Gasteiger partial charge is 0.330 e. The minimum atomic E-state index is 0.355. The van der Waals surface area contributed by atoms with E-state index in [4.69, 9.17) is 5.73 Å². The molecule has 1 aromatic rings. The van der Waals surface area contributed by atoms with Crippen LogP contribution < -0.4 is 5.73 Å². The van der Waals surface area contributed by atoms with Gasteiger partial charge in [-0.05, 0) is 22.9 Å². The topological polar surface area (TPSA) is 54.7 Å². The van der Waals surface area contributed by atoms with Gasteiger partial charge >= 0.3 is 0 Å².